The second-order valence-corrected chi connectivity index (χ2v) is 4.86. The minimum atomic E-state index is -0.439. The van der Waals surface area contributed by atoms with E-state index in [1.54, 1.807) is 23.9 Å². The first-order chi connectivity index (χ1) is 9.60. The number of hydrogen-bond acceptors (Lipinski definition) is 3. The summed E-state index contributed by atoms with van der Waals surface area (Å²) in [6.07, 6.45) is 0.764. The van der Waals surface area contributed by atoms with E-state index in [4.69, 9.17) is 5.53 Å². The molecule has 3 rings (SSSR count). The van der Waals surface area contributed by atoms with E-state index in [1.807, 2.05) is 6.07 Å². The first-order valence-electron chi connectivity index (χ1n) is 6.30. The van der Waals surface area contributed by atoms with Gasteiger partial charge in [-0.25, -0.2) is 0 Å². The first kappa shape index (κ1) is 12.5. The lowest BCUT2D eigenvalue weighted by atomic mass is 9.93. The summed E-state index contributed by atoms with van der Waals surface area (Å²) in [6, 6.07) is 5.27. The summed E-state index contributed by atoms with van der Waals surface area (Å²) in [7, 11) is 1.80. The highest BCUT2D eigenvalue weighted by atomic mass is 16.2. The van der Waals surface area contributed by atoms with Gasteiger partial charge in [0.25, 0.3) is 0 Å². The van der Waals surface area contributed by atoms with Crippen LogP contribution in [-0.2, 0) is 16.6 Å². The number of nitrogens with one attached hydrogen (secondary N) is 2. The predicted molar refractivity (Wildman–Crippen MR) is 69.8 cm³/mol. The molecule has 1 aliphatic rings. The lowest BCUT2D eigenvalue weighted by Gasteiger charge is -2.19. The smallest absolute Gasteiger partial charge is 0.235 e. The zero-order valence-corrected chi connectivity index (χ0v) is 10.9. The molecule has 2 heterocycles. The number of amides is 2. The van der Waals surface area contributed by atoms with Crippen molar-refractivity contribution in [3.63, 3.8) is 0 Å². The number of hydrogen-bond donors (Lipinski definition) is 2. The Labute approximate surface area is 114 Å². The molecular weight excluding hydrogens is 258 g/mol. The van der Waals surface area contributed by atoms with E-state index >= 15 is 0 Å². The van der Waals surface area contributed by atoms with E-state index in [1.165, 1.54) is 0 Å². The highest BCUT2D eigenvalue weighted by molar-refractivity contribution is 6.02. The van der Waals surface area contributed by atoms with Gasteiger partial charge in [-0.05, 0) is 12.5 Å². The Bertz CT molecular complexity index is 734. The summed E-state index contributed by atoms with van der Waals surface area (Å²) in [5, 5.41) is 9.62. The van der Waals surface area contributed by atoms with Gasteiger partial charge in [-0.1, -0.05) is 0 Å². The van der Waals surface area contributed by atoms with E-state index in [0.29, 0.717) is 24.2 Å². The van der Waals surface area contributed by atoms with Crippen molar-refractivity contribution in [2.75, 3.05) is 0 Å². The van der Waals surface area contributed by atoms with Crippen LogP contribution in [0.2, 0.25) is 0 Å². The Hall–Kier alpha value is -2.57. The van der Waals surface area contributed by atoms with Crippen molar-refractivity contribution in [1.82, 2.24) is 15.1 Å². The largest absolute Gasteiger partial charge is 0.502 e. The number of fused-ring (bicyclic) bond motifs is 1. The molecule has 1 aromatic heterocycles. The molecule has 1 saturated heterocycles. The predicted octanol–water partition coefficient (Wildman–Crippen LogP) is -0.173. The van der Waals surface area contributed by atoms with Crippen LogP contribution >= 0.6 is 0 Å². The van der Waals surface area contributed by atoms with Crippen LogP contribution in [0.25, 0.3) is 16.4 Å². The molecule has 0 bridgehead atoms. The van der Waals surface area contributed by atoms with Crippen molar-refractivity contribution in [2.45, 2.75) is 18.8 Å². The van der Waals surface area contributed by atoms with E-state index < -0.39 is 5.92 Å². The molecule has 1 aromatic carbocycles. The average Bonchev–Trinajstić information content (AvgIpc) is 2.75. The zero-order valence-electron chi connectivity index (χ0n) is 10.9. The van der Waals surface area contributed by atoms with Gasteiger partial charge in [-0.15, -0.1) is 0 Å². The average molecular weight is 271 g/mol. The molecule has 2 aromatic rings. The number of rotatable bonds is 2. The summed E-state index contributed by atoms with van der Waals surface area (Å²) >= 11 is 0. The van der Waals surface area contributed by atoms with Gasteiger partial charge in [0, 0.05) is 31.0 Å². The Kier molecular flexibility index (Phi) is 2.81. The van der Waals surface area contributed by atoms with Crippen LogP contribution in [0.15, 0.2) is 18.2 Å². The number of carbonyl (C=O) groups is 2. The van der Waals surface area contributed by atoms with Gasteiger partial charge in [0.15, 0.2) is 5.69 Å². The fraction of sp³-hybridized carbons (Fsp3) is 0.308. The molecule has 1 atom stereocenters. The molecular formula is C13H13N5O2. The summed E-state index contributed by atoms with van der Waals surface area (Å²) in [6.45, 7) is 0. The van der Waals surface area contributed by atoms with Gasteiger partial charge in [-0.2, -0.15) is 5.10 Å². The van der Waals surface area contributed by atoms with Crippen LogP contribution < -0.4 is 10.4 Å². The summed E-state index contributed by atoms with van der Waals surface area (Å²) in [5.41, 5.74) is 11.0. The third kappa shape index (κ3) is 1.87. The number of aromatic nitrogens is 2. The van der Waals surface area contributed by atoms with Crippen molar-refractivity contribution >= 4 is 28.4 Å². The molecule has 7 nitrogen and oxygen atoms in total. The van der Waals surface area contributed by atoms with Crippen molar-refractivity contribution in [3.05, 3.63) is 29.4 Å². The number of imide groups is 1. The Morgan fingerprint density at radius 1 is 1.45 bits per heavy atom. The minimum absolute atomic E-state index is 0.246. The summed E-state index contributed by atoms with van der Waals surface area (Å²) < 4.78 is 1.69. The van der Waals surface area contributed by atoms with E-state index in [9.17, 15) is 9.59 Å². The summed E-state index contributed by atoms with van der Waals surface area (Å²) in [5.74, 6) is -1.00. The van der Waals surface area contributed by atoms with Gasteiger partial charge < -0.3 is 5.53 Å². The molecule has 2 N–H and O–H groups in total. The number of carbonyl (C=O) groups excluding carboxylic acids is 2. The fourth-order valence-electron chi connectivity index (χ4n) is 2.57. The Balaban J connectivity index is 2.13. The lowest BCUT2D eigenvalue weighted by molar-refractivity contribution is -0.379. The molecule has 102 valence electrons. The number of benzene rings is 1. The lowest BCUT2D eigenvalue weighted by Crippen LogP contribution is -2.54. The van der Waals surface area contributed by atoms with Crippen LogP contribution in [0.5, 0.6) is 0 Å². The second kappa shape index (κ2) is 4.52. The standard InChI is InChI=1S/C13H13N5O2/c1-18-10-4-2-7(16-14)6-9(10)12(17-18)8-3-5-11(19)15-13(8)20/h2,4,6,8,16H,3,5H2,1H3,(H,15,19,20). The van der Waals surface area contributed by atoms with Crippen LogP contribution in [0.3, 0.4) is 0 Å². The molecule has 20 heavy (non-hydrogen) atoms. The van der Waals surface area contributed by atoms with Crippen LogP contribution in [-0.4, -0.2) is 21.6 Å². The molecule has 0 radical (unpaired) electrons. The first-order valence-corrected chi connectivity index (χ1v) is 6.30. The van der Waals surface area contributed by atoms with E-state index in [2.05, 4.69) is 15.5 Å². The molecule has 7 heteroatoms. The van der Waals surface area contributed by atoms with Gasteiger partial charge in [0.1, 0.15) is 0 Å². The maximum Gasteiger partial charge on any atom is 0.235 e. The van der Waals surface area contributed by atoms with E-state index in [0.717, 1.165) is 10.9 Å². The highest BCUT2D eigenvalue weighted by Gasteiger charge is 2.31. The SMILES string of the molecule is Cn1nc(C2CCC(=O)NC2=O)c2cc([NH+]=[N-])ccc21. The van der Waals surface area contributed by atoms with Gasteiger partial charge in [-0.3, -0.25) is 24.7 Å². The molecule has 1 unspecified atom stereocenters. The quantitative estimate of drug-likeness (QED) is 0.585. The van der Waals surface area contributed by atoms with Crippen LogP contribution in [0, 0.1) is 0 Å². The molecule has 0 aliphatic carbocycles. The topological polar surface area (TPSA) is 100 Å². The van der Waals surface area contributed by atoms with Crippen LogP contribution in [0.1, 0.15) is 24.5 Å². The van der Waals surface area contributed by atoms with Crippen LogP contribution in [0.4, 0.5) is 5.69 Å². The Morgan fingerprint density at radius 2 is 2.25 bits per heavy atom. The molecule has 1 aliphatic heterocycles. The van der Waals surface area contributed by atoms with Crippen molar-refractivity contribution in [1.29, 1.82) is 0 Å². The van der Waals surface area contributed by atoms with Gasteiger partial charge in [0.2, 0.25) is 11.8 Å². The molecule has 0 saturated carbocycles. The van der Waals surface area contributed by atoms with Gasteiger partial charge in [0.05, 0.1) is 17.1 Å². The third-order valence-electron chi connectivity index (χ3n) is 3.58. The number of aryl methyl sites for hydroxylation is 1. The van der Waals surface area contributed by atoms with Crippen molar-refractivity contribution < 1.29 is 14.7 Å². The van der Waals surface area contributed by atoms with Crippen molar-refractivity contribution in [3.8, 4) is 0 Å². The monoisotopic (exact) mass is 271 g/mol. The van der Waals surface area contributed by atoms with Gasteiger partial charge >= 0.3 is 0 Å². The molecule has 0 spiro atoms. The summed E-state index contributed by atoms with van der Waals surface area (Å²) in [4.78, 5) is 23.2. The third-order valence-corrected chi connectivity index (χ3v) is 3.58. The molecule has 2 amide bonds. The number of nitrogens with zero attached hydrogens (tertiary/aromatic N) is 3. The van der Waals surface area contributed by atoms with E-state index in [-0.39, 0.29) is 11.8 Å². The van der Waals surface area contributed by atoms with Crippen molar-refractivity contribution in [2.24, 2.45) is 7.05 Å². The molecule has 1 fully saturated rings. The minimum Gasteiger partial charge on any atom is -0.502 e. The maximum absolute atomic E-state index is 12.0. The highest BCUT2D eigenvalue weighted by Crippen LogP contribution is 2.30. The normalized spacial score (nSPS) is 19.1. The maximum atomic E-state index is 12.0. The fourth-order valence-corrected chi connectivity index (χ4v) is 2.57. The number of piperidine rings is 1. The Morgan fingerprint density at radius 3 is 2.95 bits per heavy atom. The zero-order chi connectivity index (χ0) is 14.3. The second-order valence-electron chi connectivity index (χ2n) is 4.86.